The van der Waals surface area contributed by atoms with Crippen molar-refractivity contribution in [2.24, 2.45) is 5.41 Å². The Morgan fingerprint density at radius 3 is 2.77 bits per heavy atom. The molecule has 0 aromatic heterocycles. The van der Waals surface area contributed by atoms with Gasteiger partial charge in [0.15, 0.2) is 0 Å². The van der Waals surface area contributed by atoms with E-state index >= 15 is 0 Å². The van der Waals surface area contributed by atoms with E-state index in [1.165, 1.54) is 17.0 Å². The third-order valence-electron chi connectivity index (χ3n) is 3.59. The number of anilines is 1. The van der Waals surface area contributed by atoms with Gasteiger partial charge >= 0.3 is 12.0 Å². The molecule has 1 unspecified atom stereocenters. The molecule has 0 spiro atoms. The molecule has 0 saturated carbocycles. The van der Waals surface area contributed by atoms with Crippen LogP contribution in [-0.4, -0.2) is 40.9 Å². The van der Waals surface area contributed by atoms with E-state index in [0.29, 0.717) is 35.3 Å². The van der Waals surface area contributed by atoms with Crippen molar-refractivity contribution in [3.05, 3.63) is 24.3 Å². The summed E-state index contributed by atoms with van der Waals surface area (Å²) in [5.74, 6) is -3.46. The van der Waals surface area contributed by atoms with Crippen LogP contribution >= 0.6 is 11.8 Å². The largest absolute Gasteiger partial charge is 0.481 e. The van der Waals surface area contributed by atoms with E-state index in [1.54, 1.807) is 19.1 Å². The number of nitrogens with one attached hydrogen (secondary N) is 1. The van der Waals surface area contributed by atoms with E-state index in [2.05, 4.69) is 5.32 Å². The Hall–Kier alpha value is -1.83. The van der Waals surface area contributed by atoms with Gasteiger partial charge in [-0.2, -0.15) is 8.78 Å². The number of rotatable bonds is 4. The van der Waals surface area contributed by atoms with Crippen LogP contribution in [0, 0.1) is 5.41 Å². The topological polar surface area (TPSA) is 69.6 Å². The average molecular weight is 330 g/mol. The molecule has 120 valence electrons. The van der Waals surface area contributed by atoms with Gasteiger partial charge < -0.3 is 15.3 Å². The number of carboxylic acids is 1. The lowest BCUT2D eigenvalue weighted by atomic mass is 9.90. The summed E-state index contributed by atoms with van der Waals surface area (Å²) < 4.78 is 24.7. The number of thioether (sulfide) groups is 1. The summed E-state index contributed by atoms with van der Waals surface area (Å²) >= 11 is 0.400. The smallest absolute Gasteiger partial charge is 0.321 e. The molecule has 1 aliphatic heterocycles. The molecule has 1 fully saturated rings. The fourth-order valence-corrected chi connectivity index (χ4v) is 2.82. The summed E-state index contributed by atoms with van der Waals surface area (Å²) in [5, 5.41) is 11.8. The summed E-state index contributed by atoms with van der Waals surface area (Å²) in [6, 6.07) is 5.74. The molecule has 0 bridgehead atoms. The molecule has 1 atom stereocenters. The molecule has 8 heteroatoms. The van der Waals surface area contributed by atoms with Crippen molar-refractivity contribution in [2.45, 2.75) is 24.0 Å². The molecule has 1 aromatic carbocycles. The van der Waals surface area contributed by atoms with Gasteiger partial charge in [-0.05, 0) is 31.5 Å². The average Bonchev–Trinajstić information content (AvgIpc) is 2.82. The molecule has 1 aliphatic rings. The maximum absolute atomic E-state index is 12.3. The van der Waals surface area contributed by atoms with E-state index in [1.807, 2.05) is 0 Å². The number of amides is 2. The van der Waals surface area contributed by atoms with Gasteiger partial charge in [-0.3, -0.25) is 4.79 Å². The number of halogens is 2. The van der Waals surface area contributed by atoms with Gasteiger partial charge in [-0.1, -0.05) is 17.8 Å². The van der Waals surface area contributed by atoms with E-state index in [4.69, 9.17) is 5.11 Å². The fraction of sp³-hybridized carbons (Fsp3) is 0.429. The number of alkyl halides is 2. The van der Waals surface area contributed by atoms with Crippen molar-refractivity contribution >= 4 is 29.4 Å². The first kappa shape index (κ1) is 16.5. The maximum Gasteiger partial charge on any atom is 0.321 e. The minimum Gasteiger partial charge on any atom is -0.481 e. The van der Waals surface area contributed by atoms with Gasteiger partial charge in [-0.25, -0.2) is 4.79 Å². The van der Waals surface area contributed by atoms with Crippen molar-refractivity contribution in [1.82, 2.24) is 4.90 Å². The standard InChI is InChI=1S/C14H16F2N2O3S/c1-14(11(19)20)5-6-18(8-14)13(21)17-9-3-2-4-10(7-9)22-12(15)16/h2-4,7,12H,5-6,8H2,1H3,(H,17,21)(H,19,20). The van der Waals surface area contributed by atoms with Crippen LogP contribution in [0.15, 0.2) is 29.2 Å². The zero-order chi connectivity index (χ0) is 16.3. The van der Waals surface area contributed by atoms with Crippen LogP contribution in [0.3, 0.4) is 0 Å². The van der Waals surface area contributed by atoms with Crippen LogP contribution in [0.4, 0.5) is 19.3 Å². The van der Waals surface area contributed by atoms with Gasteiger partial charge in [-0.15, -0.1) is 0 Å². The van der Waals surface area contributed by atoms with Gasteiger partial charge in [0, 0.05) is 23.7 Å². The number of carbonyl (C=O) groups excluding carboxylic acids is 1. The second-order valence-electron chi connectivity index (χ2n) is 5.37. The summed E-state index contributed by atoms with van der Waals surface area (Å²) in [4.78, 5) is 25.1. The Morgan fingerprint density at radius 2 is 2.18 bits per heavy atom. The number of aliphatic carboxylic acids is 1. The number of carboxylic acid groups (broad SMARTS) is 1. The van der Waals surface area contributed by atoms with Crippen molar-refractivity contribution in [2.75, 3.05) is 18.4 Å². The molecular formula is C14H16F2N2O3S. The second-order valence-corrected chi connectivity index (χ2v) is 6.44. The third kappa shape index (κ3) is 3.88. The number of hydrogen-bond acceptors (Lipinski definition) is 3. The number of hydrogen-bond donors (Lipinski definition) is 2. The van der Waals surface area contributed by atoms with Crippen molar-refractivity contribution in [1.29, 1.82) is 0 Å². The van der Waals surface area contributed by atoms with Crippen LogP contribution in [0.5, 0.6) is 0 Å². The molecule has 1 aromatic rings. The number of nitrogens with zero attached hydrogens (tertiary/aromatic N) is 1. The molecule has 1 saturated heterocycles. The lowest BCUT2D eigenvalue weighted by Gasteiger charge is -2.20. The van der Waals surface area contributed by atoms with E-state index < -0.39 is 23.2 Å². The molecule has 2 rings (SSSR count). The number of carbonyl (C=O) groups is 2. The Labute approximate surface area is 130 Å². The first-order valence-electron chi connectivity index (χ1n) is 6.64. The Bertz CT molecular complexity index is 585. The lowest BCUT2D eigenvalue weighted by Crippen LogP contribution is -2.37. The monoisotopic (exact) mass is 330 g/mol. The zero-order valence-electron chi connectivity index (χ0n) is 11.9. The highest BCUT2D eigenvalue weighted by atomic mass is 32.2. The predicted molar refractivity (Wildman–Crippen MR) is 79.3 cm³/mol. The maximum atomic E-state index is 12.3. The number of benzene rings is 1. The minimum atomic E-state index is -2.53. The van der Waals surface area contributed by atoms with Crippen molar-refractivity contribution < 1.29 is 23.5 Å². The second kappa shape index (κ2) is 6.51. The highest BCUT2D eigenvalue weighted by Gasteiger charge is 2.42. The van der Waals surface area contributed by atoms with Gasteiger partial charge in [0.1, 0.15) is 0 Å². The van der Waals surface area contributed by atoms with Crippen molar-refractivity contribution in [3.8, 4) is 0 Å². The molecule has 1 heterocycles. The summed E-state index contributed by atoms with van der Waals surface area (Å²) in [5.41, 5.74) is -0.537. The first-order chi connectivity index (χ1) is 10.3. The Kier molecular flexibility index (Phi) is 4.90. The first-order valence-corrected chi connectivity index (χ1v) is 7.52. The van der Waals surface area contributed by atoms with E-state index in [9.17, 15) is 18.4 Å². The Balaban J connectivity index is 2.00. The van der Waals surface area contributed by atoms with Gasteiger partial charge in [0.05, 0.1) is 5.41 Å². The van der Waals surface area contributed by atoms with E-state index in [0.717, 1.165) is 0 Å². The van der Waals surface area contributed by atoms with Gasteiger partial charge in [0.2, 0.25) is 0 Å². The third-order valence-corrected chi connectivity index (χ3v) is 4.29. The highest BCUT2D eigenvalue weighted by molar-refractivity contribution is 7.99. The minimum absolute atomic E-state index is 0.125. The quantitative estimate of drug-likeness (QED) is 0.831. The molecule has 5 nitrogen and oxygen atoms in total. The lowest BCUT2D eigenvalue weighted by molar-refractivity contribution is -0.146. The molecule has 0 radical (unpaired) electrons. The van der Waals surface area contributed by atoms with Crippen molar-refractivity contribution in [3.63, 3.8) is 0 Å². The number of likely N-dealkylation sites (tertiary alicyclic amines) is 1. The molecule has 0 aliphatic carbocycles. The summed E-state index contributed by atoms with van der Waals surface area (Å²) in [7, 11) is 0. The fourth-order valence-electron chi connectivity index (χ4n) is 2.26. The van der Waals surface area contributed by atoms with Crippen LogP contribution in [-0.2, 0) is 4.79 Å². The van der Waals surface area contributed by atoms with Crippen LogP contribution in [0.2, 0.25) is 0 Å². The highest BCUT2D eigenvalue weighted by Crippen LogP contribution is 2.31. The van der Waals surface area contributed by atoms with Crippen LogP contribution in [0.1, 0.15) is 13.3 Å². The molecule has 2 N–H and O–H groups in total. The Morgan fingerprint density at radius 1 is 1.45 bits per heavy atom. The van der Waals surface area contributed by atoms with Crippen LogP contribution < -0.4 is 5.32 Å². The van der Waals surface area contributed by atoms with Gasteiger partial charge in [0.25, 0.3) is 5.76 Å². The number of urea groups is 1. The van der Waals surface area contributed by atoms with Crippen LogP contribution in [0.25, 0.3) is 0 Å². The predicted octanol–water partition coefficient (Wildman–Crippen LogP) is 3.33. The zero-order valence-corrected chi connectivity index (χ0v) is 12.7. The molecule has 22 heavy (non-hydrogen) atoms. The summed E-state index contributed by atoms with van der Waals surface area (Å²) in [6.45, 7) is 2.07. The van der Waals surface area contributed by atoms with E-state index in [-0.39, 0.29) is 6.54 Å². The summed E-state index contributed by atoms with van der Waals surface area (Å²) in [6.07, 6.45) is 0.386. The molecule has 2 amide bonds. The normalized spacial score (nSPS) is 21.2. The SMILES string of the molecule is CC1(C(=O)O)CCN(C(=O)Nc2cccc(SC(F)F)c2)C1. The molecular weight excluding hydrogens is 314 g/mol.